The SMILES string of the molecule is Cc1cc(N)c(=O)n(C)c1. The molecule has 0 atom stereocenters. The number of nitrogens with zero attached hydrogens (tertiary/aromatic N) is 1. The van der Waals surface area contributed by atoms with Crippen molar-refractivity contribution in [2.45, 2.75) is 6.92 Å². The quantitative estimate of drug-likeness (QED) is 0.559. The summed E-state index contributed by atoms with van der Waals surface area (Å²) in [4.78, 5) is 11.0. The van der Waals surface area contributed by atoms with E-state index in [0.717, 1.165) is 5.56 Å². The predicted octanol–water partition coefficient (Wildman–Crippen LogP) is 0.276. The van der Waals surface area contributed by atoms with E-state index in [1.165, 1.54) is 4.57 Å². The minimum Gasteiger partial charge on any atom is -0.394 e. The van der Waals surface area contributed by atoms with Crippen LogP contribution in [0, 0.1) is 6.92 Å². The Hall–Kier alpha value is -1.25. The van der Waals surface area contributed by atoms with Crippen molar-refractivity contribution in [2.75, 3.05) is 5.73 Å². The minimum atomic E-state index is -0.134. The van der Waals surface area contributed by atoms with E-state index in [-0.39, 0.29) is 5.56 Å². The van der Waals surface area contributed by atoms with E-state index in [1.54, 1.807) is 19.3 Å². The van der Waals surface area contributed by atoms with Gasteiger partial charge in [-0.3, -0.25) is 4.79 Å². The number of hydrogen-bond acceptors (Lipinski definition) is 2. The van der Waals surface area contributed by atoms with Crippen LogP contribution >= 0.6 is 0 Å². The zero-order valence-corrected chi connectivity index (χ0v) is 6.09. The van der Waals surface area contributed by atoms with Crippen molar-refractivity contribution < 1.29 is 0 Å². The average Bonchev–Trinajstić information content (AvgIpc) is 1.82. The number of aromatic nitrogens is 1. The number of hydrogen-bond donors (Lipinski definition) is 1. The fraction of sp³-hybridized carbons (Fsp3) is 0.286. The maximum atomic E-state index is 11.0. The molecule has 1 rings (SSSR count). The molecule has 3 heteroatoms. The summed E-state index contributed by atoms with van der Waals surface area (Å²) in [5.41, 5.74) is 6.56. The molecule has 0 amide bonds. The topological polar surface area (TPSA) is 48.0 Å². The second kappa shape index (κ2) is 2.17. The first kappa shape index (κ1) is 6.86. The molecule has 1 aromatic heterocycles. The van der Waals surface area contributed by atoms with Gasteiger partial charge in [0.25, 0.3) is 5.56 Å². The molecule has 54 valence electrons. The zero-order chi connectivity index (χ0) is 7.72. The molecule has 1 aromatic rings. The van der Waals surface area contributed by atoms with Crippen LogP contribution in [0.2, 0.25) is 0 Å². The molecule has 0 saturated carbocycles. The molecule has 0 aromatic carbocycles. The maximum Gasteiger partial charge on any atom is 0.273 e. The van der Waals surface area contributed by atoms with E-state index in [0.29, 0.717) is 5.69 Å². The van der Waals surface area contributed by atoms with E-state index < -0.39 is 0 Å². The molecular formula is C7H10N2O. The summed E-state index contributed by atoms with van der Waals surface area (Å²) in [6, 6.07) is 1.67. The number of rotatable bonds is 0. The van der Waals surface area contributed by atoms with Gasteiger partial charge in [0, 0.05) is 13.2 Å². The van der Waals surface area contributed by atoms with Crippen LogP contribution in [0.25, 0.3) is 0 Å². The van der Waals surface area contributed by atoms with Gasteiger partial charge in [0.1, 0.15) is 0 Å². The molecule has 0 aliphatic rings. The lowest BCUT2D eigenvalue weighted by molar-refractivity contribution is 0.856. The summed E-state index contributed by atoms with van der Waals surface area (Å²) in [6.07, 6.45) is 1.75. The van der Waals surface area contributed by atoms with E-state index in [9.17, 15) is 4.79 Å². The van der Waals surface area contributed by atoms with Gasteiger partial charge in [0.05, 0.1) is 5.69 Å². The fourth-order valence-corrected chi connectivity index (χ4v) is 0.912. The third-order valence-electron chi connectivity index (χ3n) is 1.35. The Labute approximate surface area is 59.1 Å². The Morgan fingerprint density at radius 1 is 1.60 bits per heavy atom. The van der Waals surface area contributed by atoms with Gasteiger partial charge in [-0.2, -0.15) is 0 Å². The van der Waals surface area contributed by atoms with Crippen molar-refractivity contribution in [1.82, 2.24) is 4.57 Å². The minimum absolute atomic E-state index is 0.134. The smallest absolute Gasteiger partial charge is 0.273 e. The molecule has 2 N–H and O–H groups in total. The van der Waals surface area contributed by atoms with Crippen LogP contribution in [0.4, 0.5) is 5.69 Å². The Kier molecular flexibility index (Phi) is 1.49. The molecule has 0 aliphatic heterocycles. The van der Waals surface area contributed by atoms with Gasteiger partial charge in [-0.25, -0.2) is 0 Å². The highest BCUT2D eigenvalue weighted by atomic mass is 16.1. The van der Waals surface area contributed by atoms with E-state index in [2.05, 4.69) is 0 Å². The first-order valence-electron chi connectivity index (χ1n) is 3.04. The lowest BCUT2D eigenvalue weighted by Crippen LogP contribution is -2.19. The molecule has 0 unspecified atom stereocenters. The van der Waals surface area contributed by atoms with Crippen LogP contribution in [0.1, 0.15) is 5.56 Å². The molecular weight excluding hydrogens is 128 g/mol. The van der Waals surface area contributed by atoms with Crippen molar-refractivity contribution >= 4 is 5.69 Å². The highest BCUT2D eigenvalue weighted by Gasteiger charge is 1.95. The van der Waals surface area contributed by atoms with Crippen molar-refractivity contribution in [3.8, 4) is 0 Å². The molecule has 0 aliphatic carbocycles. The second-order valence-electron chi connectivity index (χ2n) is 2.39. The third kappa shape index (κ3) is 1.03. The van der Waals surface area contributed by atoms with Crippen LogP contribution in [0.3, 0.4) is 0 Å². The first-order chi connectivity index (χ1) is 4.61. The number of anilines is 1. The Morgan fingerprint density at radius 2 is 2.20 bits per heavy atom. The predicted molar refractivity (Wildman–Crippen MR) is 40.8 cm³/mol. The average molecular weight is 138 g/mol. The van der Waals surface area contributed by atoms with Crippen molar-refractivity contribution in [2.24, 2.45) is 7.05 Å². The van der Waals surface area contributed by atoms with Gasteiger partial charge in [0.2, 0.25) is 0 Å². The first-order valence-corrected chi connectivity index (χ1v) is 3.04. The molecule has 0 saturated heterocycles. The summed E-state index contributed by atoms with van der Waals surface area (Å²) >= 11 is 0. The van der Waals surface area contributed by atoms with Gasteiger partial charge in [-0.15, -0.1) is 0 Å². The van der Waals surface area contributed by atoms with Gasteiger partial charge in [-0.05, 0) is 18.6 Å². The number of pyridine rings is 1. The van der Waals surface area contributed by atoms with Crippen LogP contribution in [0.15, 0.2) is 17.1 Å². The number of nitrogen functional groups attached to an aromatic ring is 1. The summed E-state index contributed by atoms with van der Waals surface area (Å²) < 4.78 is 1.48. The van der Waals surface area contributed by atoms with Gasteiger partial charge >= 0.3 is 0 Å². The highest BCUT2D eigenvalue weighted by Crippen LogP contribution is 1.97. The lowest BCUT2D eigenvalue weighted by atomic mass is 10.3. The monoisotopic (exact) mass is 138 g/mol. The molecule has 1 heterocycles. The maximum absolute atomic E-state index is 11.0. The molecule has 0 spiro atoms. The third-order valence-corrected chi connectivity index (χ3v) is 1.35. The van der Waals surface area contributed by atoms with Crippen molar-refractivity contribution in [3.05, 3.63) is 28.2 Å². The molecule has 0 bridgehead atoms. The Balaban J connectivity index is 3.46. The zero-order valence-electron chi connectivity index (χ0n) is 6.09. The van der Waals surface area contributed by atoms with E-state index in [1.807, 2.05) is 6.92 Å². The van der Waals surface area contributed by atoms with Gasteiger partial charge in [0.15, 0.2) is 0 Å². The normalized spacial score (nSPS) is 9.80. The van der Waals surface area contributed by atoms with Crippen LogP contribution < -0.4 is 11.3 Å². The van der Waals surface area contributed by atoms with Crippen molar-refractivity contribution in [3.63, 3.8) is 0 Å². The molecule has 10 heavy (non-hydrogen) atoms. The lowest BCUT2D eigenvalue weighted by Gasteiger charge is -1.99. The van der Waals surface area contributed by atoms with E-state index in [4.69, 9.17) is 5.73 Å². The van der Waals surface area contributed by atoms with Crippen LogP contribution in [-0.2, 0) is 7.05 Å². The Bertz CT molecular complexity index is 275. The second-order valence-corrected chi connectivity index (χ2v) is 2.39. The van der Waals surface area contributed by atoms with Crippen LogP contribution in [0.5, 0.6) is 0 Å². The largest absolute Gasteiger partial charge is 0.394 e. The summed E-state index contributed by atoms with van der Waals surface area (Å²) in [6.45, 7) is 1.90. The molecule has 0 fully saturated rings. The fourth-order valence-electron chi connectivity index (χ4n) is 0.912. The van der Waals surface area contributed by atoms with Gasteiger partial charge in [-0.1, -0.05) is 0 Å². The summed E-state index contributed by atoms with van der Waals surface area (Å²) in [5.74, 6) is 0. The van der Waals surface area contributed by atoms with Crippen LogP contribution in [-0.4, -0.2) is 4.57 Å². The van der Waals surface area contributed by atoms with Crippen molar-refractivity contribution in [1.29, 1.82) is 0 Å². The highest BCUT2D eigenvalue weighted by molar-refractivity contribution is 5.37. The summed E-state index contributed by atoms with van der Waals surface area (Å²) in [7, 11) is 1.69. The molecule has 3 nitrogen and oxygen atoms in total. The van der Waals surface area contributed by atoms with Gasteiger partial charge < -0.3 is 10.3 Å². The standard InChI is InChI=1S/C7H10N2O/c1-5-3-6(8)7(10)9(2)4-5/h3-4H,8H2,1-2H3. The summed E-state index contributed by atoms with van der Waals surface area (Å²) in [5, 5.41) is 0. The number of aryl methyl sites for hydroxylation is 2. The van der Waals surface area contributed by atoms with E-state index >= 15 is 0 Å². The Morgan fingerprint density at radius 3 is 2.70 bits per heavy atom. The molecule has 0 radical (unpaired) electrons. The number of nitrogens with two attached hydrogens (primary N) is 1.